The minimum absolute atomic E-state index is 0.0424. The first-order valence-corrected chi connectivity index (χ1v) is 12.9. The van der Waals surface area contributed by atoms with Crippen LogP contribution in [0.2, 0.25) is 0 Å². The number of ether oxygens (including phenoxy) is 2. The quantitative estimate of drug-likeness (QED) is 0.207. The number of alkyl carbamates (subject to hydrolysis) is 1. The Bertz CT molecular complexity index is 798. The number of hydroxylamine groups is 2. The van der Waals surface area contributed by atoms with E-state index < -0.39 is 23.9 Å². The van der Waals surface area contributed by atoms with Gasteiger partial charge in [0.25, 0.3) is 11.8 Å². The van der Waals surface area contributed by atoms with E-state index in [2.05, 4.69) is 22.8 Å². The normalized spacial score (nSPS) is 23.8. The van der Waals surface area contributed by atoms with Gasteiger partial charge < -0.3 is 24.9 Å². The topological polar surface area (TPSA) is 140 Å². The average Bonchev–Trinajstić information content (AvgIpc) is 3.38. The lowest BCUT2D eigenvalue weighted by atomic mass is 10.1. The molecule has 2 unspecified atom stereocenters. The second-order valence-electron chi connectivity index (χ2n) is 9.36. The van der Waals surface area contributed by atoms with Crippen LogP contribution in [-0.2, 0) is 33.5 Å². The molecule has 1 saturated carbocycles. The summed E-state index contributed by atoms with van der Waals surface area (Å²) in [5.41, 5.74) is 0. The molecule has 0 spiro atoms. The SMILES string of the molecule is O=C(CCCC(=O)ON1C(=O)CCC1=O)NCCCOCCNC(=O)OCC1C2CC/C=C\CCC21. The minimum Gasteiger partial charge on any atom is -0.449 e. The van der Waals surface area contributed by atoms with Gasteiger partial charge in [0.05, 0.1) is 13.2 Å². The molecule has 0 aromatic carbocycles. The van der Waals surface area contributed by atoms with Crippen molar-refractivity contribution in [2.75, 3.05) is 32.9 Å². The van der Waals surface area contributed by atoms with E-state index in [1.54, 1.807) is 0 Å². The number of amides is 4. The van der Waals surface area contributed by atoms with Crippen molar-refractivity contribution in [2.24, 2.45) is 17.8 Å². The molecule has 11 nitrogen and oxygen atoms in total. The summed E-state index contributed by atoms with van der Waals surface area (Å²) >= 11 is 0. The maximum Gasteiger partial charge on any atom is 0.407 e. The number of hydrogen-bond acceptors (Lipinski definition) is 8. The zero-order valence-corrected chi connectivity index (χ0v) is 20.7. The summed E-state index contributed by atoms with van der Waals surface area (Å²) in [6.45, 7) is 2.06. The maximum atomic E-state index is 11.9. The second-order valence-corrected chi connectivity index (χ2v) is 9.36. The number of nitrogens with zero attached hydrogens (tertiary/aromatic N) is 1. The number of carbonyl (C=O) groups excluding carboxylic acids is 5. The van der Waals surface area contributed by atoms with Crippen LogP contribution in [0.5, 0.6) is 0 Å². The van der Waals surface area contributed by atoms with Crippen LogP contribution in [0.15, 0.2) is 12.2 Å². The predicted octanol–water partition coefficient (Wildman–Crippen LogP) is 2.01. The molecule has 3 rings (SSSR count). The molecule has 0 aromatic heterocycles. The third-order valence-electron chi connectivity index (χ3n) is 6.70. The fraction of sp³-hybridized carbons (Fsp3) is 0.720. The standard InChI is InChI=1S/C25H37N3O8/c29-21(9-5-10-24(32)36-28-22(30)11-12-23(28)31)26-13-6-15-34-16-14-27-25(33)35-17-20-18-7-3-1-2-4-8-19(18)20/h1-2,18-20H,3-17H2,(H,26,29)(H,27,33)/b2-1-. The summed E-state index contributed by atoms with van der Waals surface area (Å²) in [4.78, 5) is 62.9. The molecule has 2 N–H and O–H groups in total. The van der Waals surface area contributed by atoms with E-state index in [1.807, 2.05) is 0 Å². The Morgan fingerprint density at radius 3 is 2.28 bits per heavy atom. The van der Waals surface area contributed by atoms with Crippen LogP contribution in [0.25, 0.3) is 0 Å². The van der Waals surface area contributed by atoms with E-state index in [0.717, 1.165) is 12.8 Å². The van der Waals surface area contributed by atoms with E-state index in [1.165, 1.54) is 12.8 Å². The molecule has 3 aliphatic rings. The largest absolute Gasteiger partial charge is 0.449 e. The van der Waals surface area contributed by atoms with Crippen molar-refractivity contribution in [2.45, 2.75) is 64.2 Å². The summed E-state index contributed by atoms with van der Waals surface area (Å²) in [6.07, 6.45) is 9.70. The summed E-state index contributed by atoms with van der Waals surface area (Å²) in [5.74, 6) is -0.0901. The van der Waals surface area contributed by atoms with Crippen LogP contribution in [0.4, 0.5) is 4.79 Å². The number of hydrogen-bond donors (Lipinski definition) is 2. The molecule has 1 saturated heterocycles. The summed E-state index contributed by atoms with van der Waals surface area (Å²) in [5, 5.41) is 5.93. The molecular weight excluding hydrogens is 470 g/mol. The second kappa shape index (κ2) is 14.6. The van der Waals surface area contributed by atoms with Crippen LogP contribution in [0, 0.1) is 17.8 Å². The molecule has 2 atom stereocenters. The first-order valence-electron chi connectivity index (χ1n) is 12.9. The van der Waals surface area contributed by atoms with Crippen molar-refractivity contribution in [3.63, 3.8) is 0 Å². The van der Waals surface area contributed by atoms with Gasteiger partial charge in [-0.2, -0.15) is 0 Å². The fourth-order valence-electron chi connectivity index (χ4n) is 4.68. The Kier molecular flexibility index (Phi) is 11.2. The van der Waals surface area contributed by atoms with Gasteiger partial charge in [0, 0.05) is 45.4 Å². The average molecular weight is 508 g/mol. The lowest BCUT2D eigenvalue weighted by Gasteiger charge is -2.12. The van der Waals surface area contributed by atoms with Gasteiger partial charge in [-0.05, 0) is 56.3 Å². The van der Waals surface area contributed by atoms with Crippen molar-refractivity contribution in [1.82, 2.24) is 15.7 Å². The van der Waals surface area contributed by atoms with Gasteiger partial charge >= 0.3 is 12.1 Å². The van der Waals surface area contributed by atoms with Crippen molar-refractivity contribution in [1.29, 1.82) is 0 Å². The molecule has 1 heterocycles. The van der Waals surface area contributed by atoms with Gasteiger partial charge in [0.15, 0.2) is 0 Å². The number of rotatable bonds is 14. The molecule has 11 heteroatoms. The van der Waals surface area contributed by atoms with Gasteiger partial charge in [-0.1, -0.05) is 12.2 Å². The van der Waals surface area contributed by atoms with Crippen molar-refractivity contribution >= 4 is 29.8 Å². The van der Waals surface area contributed by atoms with Crippen LogP contribution < -0.4 is 10.6 Å². The van der Waals surface area contributed by atoms with Crippen molar-refractivity contribution < 1.29 is 38.3 Å². The molecule has 0 radical (unpaired) electrons. The Labute approximate surface area is 211 Å². The number of allylic oxidation sites excluding steroid dienone is 2. The monoisotopic (exact) mass is 507 g/mol. The van der Waals surface area contributed by atoms with E-state index in [4.69, 9.17) is 14.3 Å². The molecule has 4 amide bonds. The third kappa shape index (κ3) is 9.25. The number of carbonyl (C=O) groups is 5. The highest BCUT2D eigenvalue weighted by Crippen LogP contribution is 2.52. The highest BCUT2D eigenvalue weighted by atomic mass is 16.7. The van der Waals surface area contributed by atoms with Gasteiger partial charge in [-0.3, -0.25) is 14.4 Å². The fourth-order valence-corrected chi connectivity index (χ4v) is 4.68. The van der Waals surface area contributed by atoms with Crippen LogP contribution >= 0.6 is 0 Å². The molecule has 2 fully saturated rings. The minimum atomic E-state index is -0.716. The van der Waals surface area contributed by atoms with Gasteiger partial charge in [-0.25, -0.2) is 9.59 Å². The molecular formula is C25H37N3O8. The summed E-state index contributed by atoms with van der Waals surface area (Å²) in [6, 6.07) is 0. The molecule has 36 heavy (non-hydrogen) atoms. The summed E-state index contributed by atoms with van der Waals surface area (Å²) < 4.78 is 10.8. The van der Waals surface area contributed by atoms with Crippen molar-refractivity contribution in [3.05, 3.63) is 12.2 Å². The highest BCUT2D eigenvalue weighted by Gasteiger charge is 2.49. The summed E-state index contributed by atoms with van der Waals surface area (Å²) in [7, 11) is 0. The van der Waals surface area contributed by atoms with Gasteiger partial charge in [0.2, 0.25) is 5.91 Å². The smallest absolute Gasteiger partial charge is 0.407 e. The Morgan fingerprint density at radius 2 is 1.58 bits per heavy atom. The van der Waals surface area contributed by atoms with E-state index >= 15 is 0 Å². The van der Waals surface area contributed by atoms with Crippen LogP contribution in [0.3, 0.4) is 0 Å². The first kappa shape index (κ1) is 27.6. The zero-order chi connectivity index (χ0) is 25.8. The number of fused-ring (bicyclic) bond motifs is 1. The van der Waals surface area contributed by atoms with E-state index in [-0.39, 0.29) is 38.0 Å². The zero-order valence-electron chi connectivity index (χ0n) is 20.7. The van der Waals surface area contributed by atoms with Crippen LogP contribution in [0.1, 0.15) is 64.2 Å². The van der Waals surface area contributed by atoms with E-state index in [9.17, 15) is 24.0 Å². The number of nitrogens with one attached hydrogen (secondary N) is 2. The molecule has 1 aliphatic heterocycles. The predicted molar refractivity (Wildman–Crippen MR) is 127 cm³/mol. The van der Waals surface area contributed by atoms with E-state index in [0.29, 0.717) is 62.1 Å². The van der Waals surface area contributed by atoms with Crippen molar-refractivity contribution in [3.8, 4) is 0 Å². The molecule has 0 bridgehead atoms. The third-order valence-corrected chi connectivity index (χ3v) is 6.70. The lowest BCUT2D eigenvalue weighted by molar-refractivity contribution is -0.197. The maximum absolute atomic E-state index is 11.9. The van der Waals surface area contributed by atoms with Crippen LogP contribution in [-0.4, -0.2) is 67.8 Å². The molecule has 200 valence electrons. The lowest BCUT2D eigenvalue weighted by Crippen LogP contribution is -2.32. The Morgan fingerprint density at radius 1 is 0.889 bits per heavy atom. The van der Waals surface area contributed by atoms with Gasteiger partial charge in [0.1, 0.15) is 0 Å². The molecule has 2 aliphatic carbocycles. The first-order chi connectivity index (χ1) is 17.5. The molecule has 0 aromatic rings. The Balaban J connectivity index is 1.09. The Hall–Kier alpha value is -2.95. The number of imide groups is 1. The highest BCUT2D eigenvalue weighted by molar-refractivity contribution is 6.01. The van der Waals surface area contributed by atoms with Gasteiger partial charge in [-0.15, -0.1) is 5.06 Å².